The molecule has 1 unspecified atom stereocenters. The van der Waals surface area contributed by atoms with Crippen molar-refractivity contribution < 1.29 is 38.6 Å². The van der Waals surface area contributed by atoms with Crippen molar-refractivity contribution >= 4 is 40.7 Å². The van der Waals surface area contributed by atoms with Crippen molar-refractivity contribution in [3.05, 3.63) is 41.6 Å². The van der Waals surface area contributed by atoms with Gasteiger partial charge in [-0.25, -0.2) is 14.6 Å². The van der Waals surface area contributed by atoms with Crippen LogP contribution in [0.15, 0.2) is 30.3 Å². The summed E-state index contributed by atoms with van der Waals surface area (Å²) in [5, 5.41) is 12.7. The molecule has 0 bridgehead atoms. The van der Waals surface area contributed by atoms with Crippen LogP contribution in [0.3, 0.4) is 0 Å². The number of pyridine rings is 1. The maximum Gasteiger partial charge on any atom is 0.409 e. The summed E-state index contributed by atoms with van der Waals surface area (Å²) in [6.07, 6.45) is -0.643. The van der Waals surface area contributed by atoms with Crippen LogP contribution in [0, 0.1) is 0 Å². The summed E-state index contributed by atoms with van der Waals surface area (Å²) in [4.78, 5) is 70.2. The van der Waals surface area contributed by atoms with Gasteiger partial charge in [0.05, 0.1) is 17.7 Å². The second kappa shape index (κ2) is 12.5. The average molecular weight is 543 g/mol. The number of carboxylic acids is 1. The quantitative estimate of drug-likeness (QED) is 0.479. The summed E-state index contributed by atoms with van der Waals surface area (Å²) in [7, 11) is 0. The van der Waals surface area contributed by atoms with Crippen LogP contribution in [0.4, 0.5) is 4.79 Å². The molecule has 2 heterocycles. The Labute approximate surface area is 226 Å². The summed E-state index contributed by atoms with van der Waals surface area (Å²) in [5.41, 5.74) is -0.675. The van der Waals surface area contributed by atoms with E-state index in [0.29, 0.717) is 10.9 Å². The fourth-order valence-corrected chi connectivity index (χ4v) is 4.16. The number of nitrogens with zero attached hydrogens (tertiary/aromatic N) is 3. The average Bonchev–Trinajstić information content (AvgIpc) is 2.89. The lowest BCUT2D eigenvalue weighted by Crippen LogP contribution is -2.56. The number of para-hydroxylation sites is 1. The van der Waals surface area contributed by atoms with Crippen LogP contribution < -0.4 is 5.32 Å². The summed E-state index contributed by atoms with van der Waals surface area (Å²) in [6.45, 7) is 8.07. The molecule has 1 fully saturated rings. The van der Waals surface area contributed by atoms with E-state index in [4.69, 9.17) is 9.47 Å². The van der Waals surface area contributed by atoms with Crippen molar-refractivity contribution in [3.63, 3.8) is 0 Å². The Hall–Kier alpha value is -4.22. The number of hydrogen-bond acceptors (Lipinski definition) is 8. The minimum absolute atomic E-state index is 0.0447. The van der Waals surface area contributed by atoms with E-state index in [-0.39, 0.29) is 56.9 Å². The van der Waals surface area contributed by atoms with Gasteiger partial charge in [-0.05, 0) is 46.2 Å². The molecule has 3 amide bonds. The fraction of sp³-hybridized carbons (Fsp3) is 0.481. The molecule has 210 valence electrons. The van der Waals surface area contributed by atoms with Gasteiger partial charge in [0.25, 0.3) is 5.91 Å². The first-order chi connectivity index (χ1) is 18.4. The first kappa shape index (κ1) is 29.3. The Morgan fingerprint density at radius 1 is 1.05 bits per heavy atom. The molecule has 1 saturated heterocycles. The van der Waals surface area contributed by atoms with Crippen molar-refractivity contribution in [2.45, 2.75) is 52.2 Å². The van der Waals surface area contributed by atoms with Gasteiger partial charge in [-0.1, -0.05) is 18.2 Å². The van der Waals surface area contributed by atoms with Gasteiger partial charge in [0.2, 0.25) is 5.91 Å². The minimum atomic E-state index is -1.22. The van der Waals surface area contributed by atoms with Crippen LogP contribution in [0.25, 0.3) is 10.9 Å². The van der Waals surface area contributed by atoms with Gasteiger partial charge in [-0.15, -0.1) is 0 Å². The van der Waals surface area contributed by atoms with Crippen LogP contribution in [-0.4, -0.2) is 94.2 Å². The first-order valence-electron chi connectivity index (χ1n) is 12.8. The molecule has 0 radical (unpaired) electrons. The number of aromatic nitrogens is 1. The van der Waals surface area contributed by atoms with E-state index in [0.717, 1.165) is 6.07 Å². The van der Waals surface area contributed by atoms with Crippen molar-refractivity contribution in [1.29, 1.82) is 0 Å². The number of rotatable bonds is 8. The van der Waals surface area contributed by atoms with Crippen LogP contribution in [0.2, 0.25) is 0 Å². The zero-order valence-corrected chi connectivity index (χ0v) is 22.6. The highest BCUT2D eigenvalue weighted by Gasteiger charge is 2.32. The molecule has 39 heavy (non-hydrogen) atoms. The third-order valence-electron chi connectivity index (χ3n) is 5.96. The van der Waals surface area contributed by atoms with Gasteiger partial charge in [0.1, 0.15) is 17.3 Å². The van der Waals surface area contributed by atoms with Gasteiger partial charge in [-0.2, -0.15) is 0 Å². The second-order valence-electron chi connectivity index (χ2n) is 10.0. The molecule has 3 rings (SSSR count). The summed E-state index contributed by atoms with van der Waals surface area (Å²) in [6, 6.07) is 6.58. The number of esters is 1. The number of carbonyl (C=O) groups excluding carboxylic acids is 4. The monoisotopic (exact) mass is 542 g/mol. The van der Waals surface area contributed by atoms with Gasteiger partial charge in [0, 0.05) is 38.0 Å². The van der Waals surface area contributed by atoms with E-state index in [9.17, 15) is 29.1 Å². The maximum absolute atomic E-state index is 13.5. The number of carbonyl (C=O) groups is 5. The predicted octanol–water partition coefficient (Wildman–Crippen LogP) is 2.45. The molecule has 0 saturated carbocycles. The van der Waals surface area contributed by atoms with Gasteiger partial charge in [0.15, 0.2) is 0 Å². The van der Waals surface area contributed by atoms with E-state index in [1.54, 1.807) is 52.0 Å². The topological polar surface area (TPSA) is 155 Å². The highest BCUT2D eigenvalue weighted by molar-refractivity contribution is 6.06. The van der Waals surface area contributed by atoms with Crippen LogP contribution in [0.1, 0.15) is 61.4 Å². The van der Waals surface area contributed by atoms with Crippen LogP contribution in [0.5, 0.6) is 0 Å². The smallest absolute Gasteiger partial charge is 0.409 e. The van der Waals surface area contributed by atoms with E-state index >= 15 is 0 Å². The minimum Gasteiger partial charge on any atom is -0.478 e. The summed E-state index contributed by atoms with van der Waals surface area (Å²) in [5.74, 6) is -2.94. The Kier molecular flexibility index (Phi) is 9.44. The van der Waals surface area contributed by atoms with Crippen LogP contribution >= 0.6 is 0 Å². The first-order valence-corrected chi connectivity index (χ1v) is 12.8. The number of fused-ring (bicyclic) bond motifs is 1. The van der Waals surface area contributed by atoms with E-state index in [1.165, 1.54) is 9.80 Å². The third-order valence-corrected chi connectivity index (χ3v) is 5.96. The molecule has 0 spiro atoms. The fourth-order valence-electron chi connectivity index (χ4n) is 4.16. The SMILES string of the molecule is CCOC(=O)N1CCN(C(=O)C(CCC(=O)OC(C)(C)C)NC(=O)c2cc(C(=O)O)c3ccccc3n2)CC1. The number of amides is 3. The number of benzene rings is 1. The van der Waals surface area contributed by atoms with Gasteiger partial charge in [-0.3, -0.25) is 14.4 Å². The van der Waals surface area contributed by atoms with Crippen molar-refractivity contribution in [1.82, 2.24) is 20.1 Å². The lowest BCUT2D eigenvalue weighted by molar-refractivity contribution is -0.155. The Bertz CT molecular complexity index is 1250. The number of hydrogen-bond donors (Lipinski definition) is 2. The Morgan fingerprint density at radius 2 is 1.69 bits per heavy atom. The molecule has 12 nitrogen and oxygen atoms in total. The highest BCUT2D eigenvalue weighted by Crippen LogP contribution is 2.19. The molecule has 1 atom stereocenters. The molecule has 2 aromatic rings. The van der Waals surface area contributed by atoms with E-state index < -0.39 is 41.5 Å². The number of carboxylic acid groups (broad SMARTS) is 1. The molecule has 2 N–H and O–H groups in total. The normalized spacial score (nSPS) is 14.5. The molecule has 1 aliphatic heterocycles. The lowest BCUT2D eigenvalue weighted by atomic mass is 10.1. The van der Waals surface area contributed by atoms with Crippen molar-refractivity contribution in [3.8, 4) is 0 Å². The van der Waals surface area contributed by atoms with Crippen LogP contribution in [-0.2, 0) is 19.1 Å². The zero-order valence-electron chi connectivity index (χ0n) is 22.6. The molecule has 12 heteroatoms. The Morgan fingerprint density at radius 3 is 2.31 bits per heavy atom. The Balaban J connectivity index is 1.80. The summed E-state index contributed by atoms with van der Waals surface area (Å²) >= 11 is 0. The lowest BCUT2D eigenvalue weighted by Gasteiger charge is -2.36. The molecule has 0 aliphatic carbocycles. The molecular formula is C27H34N4O8. The standard InChI is InChI=1S/C27H34N4O8/c1-5-38-26(37)31-14-12-30(13-15-31)24(34)20(10-11-22(32)39-27(2,3)4)29-23(33)21-16-18(25(35)36)17-8-6-7-9-19(17)28-21/h6-9,16,20H,5,10-15H2,1-4H3,(H,29,33)(H,35,36). The summed E-state index contributed by atoms with van der Waals surface area (Å²) < 4.78 is 10.4. The highest BCUT2D eigenvalue weighted by atomic mass is 16.6. The predicted molar refractivity (Wildman–Crippen MR) is 140 cm³/mol. The van der Waals surface area contributed by atoms with E-state index in [2.05, 4.69) is 10.3 Å². The second-order valence-corrected chi connectivity index (χ2v) is 10.0. The van der Waals surface area contributed by atoms with Gasteiger partial charge < -0.3 is 29.7 Å². The number of piperazine rings is 1. The van der Waals surface area contributed by atoms with Crippen molar-refractivity contribution in [2.75, 3.05) is 32.8 Å². The maximum atomic E-state index is 13.5. The van der Waals surface area contributed by atoms with E-state index in [1.807, 2.05) is 0 Å². The number of ether oxygens (including phenoxy) is 2. The molecule has 1 aromatic carbocycles. The number of aromatic carboxylic acids is 1. The third kappa shape index (κ3) is 7.88. The van der Waals surface area contributed by atoms with Gasteiger partial charge >= 0.3 is 18.0 Å². The molecule has 1 aromatic heterocycles. The molecular weight excluding hydrogens is 508 g/mol. The van der Waals surface area contributed by atoms with Crippen molar-refractivity contribution in [2.24, 2.45) is 0 Å². The number of nitrogens with one attached hydrogen (secondary N) is 1. The molecule has 1 aliphatic rings. The largest absolute Gasteiger partial charge is 0.478 e. The zero-order chi connectivity index (χ0) is 28.7.